The summed E-state index contributed by atoms with van der Waals surface area (Å²) in [7, 11) is 0. The number of hydrogen-bond acceptors (Lipinski definition) is 4. The SMILES string of the molecule is O=C(CCNC(=O)c1ccco1)NCC(F)(F)CO. The third kappa shape index (κ3) is 5.47. The lowest BCUT2D eigenvalue weighted by Gasteiger charge is -2.13. The van der Waals surface area contributed by atoms with E-state index in [1.54, 1.807) is 6.07 Å². The lowest BCUT2D eigenvalue weighted by molar-refractivity contribution is -0.123. The molecule has 0 radical (unpaired) electrons. The number of amides is 2. The van der Waals surface area contributed by atoms with Gasteiger partial charge in [-0.25, -0.2) is 8.78 Å². The van der Waals surface area contributed by atoms with E-state index in [2.05, 4.69) is 5.32 Å². The van der Waals surface area contributed by atoms with Crippen LogP contribution in [0.4, 0.5) is 8.78 Å². The largest absolute Gasteiger partial charge is 0.459 e. The van der Waals surface area contributed by atoms with Gasteiger partial charge in [0.15, 0.2) is 5.76 Å². The van der Waals surface area contributed by atoms with Crippen LogP contribution in [0.2, 0.25) is 0 Å². The number of hydrogen-bond donors (Lipinski definition) is 3. The molecule has 0 atom stereocenters. The van der Waals surface area contributed by atoms with Crippen LogP contribution in [0.3, 0.4) is 0 Å². The molecule has 106 valence electrons. The zero-order valence-electron chi connectivity index (χ0n) is 9.99. The summed E-state index contributed by atoms with van der Waals surface area (Å²) in [6.45, 7) is -2.27. The lowest BCUT2D eigenvalue weighted by Crippen LogP contribution is -2.40. The Kier molecular flexibility index (Phi) is 5.43. The molecule has 1 rings (SSSR count). The quantitative estimate of drug-likeness (QED) is 0.660. The fourth-order valence-electron chi connectivity index (χ4n) is 1.16. The van der Waals surface area contributed by atoms with Crippen molar-refractivity contribution in [2.45, 2.75) is 12.3 Å². The molecule has 0 saturated carbocycles. The molecule has 1 aromatic heterocycles. The minimum Gasteiger partial charge on any atom is -0.459 e. The van der Waals surface area contributed by atoms with Gasteiger partial charge in [0.1, 0.15) is 6.61 Å². The Bertz CT molecular complexity index is 420. The van der Waals surface area contributed by atoms with E-state index >= 15 is 0 Å². The van der Waals surface area contributed by atoms with E-state index < -0.39 is 30.9 Å². The number of carbonyl (C=O) groups is 2. The van der Waals surface area contributed by atoms with Crippen LogP contribution in [0.5, 0.6) is 0 Å². The Morgan fingerprint density at radius 1 is 1.37 bits per heavy atom. The standard InChI is InChI=1S/C11H14F2N2O4/c12-11(13,7-16)6-15-9(17)3-4-14-10(18)8-2-1-5-19-8/h1-2,5,16H,3-4,6-7H2,(H,14,18)(H,15,17). The first-order valence-electron chi connectivity index (χ1n) is 5.52. The van der Waals surface area contributed by atoms with Gasteiger partial charge < -0.3 is 20.2 Å². The molecule has 0 spiro atoms. The second kappa shape index (κ2) is 6.83. The molecule has 0 aliphatic carbocycles. The normalized spacial score (nSPS) is 11.1. The number of rotatable bonds is 7. The van der Waals surface area contributed by atoms with Gasteiger partial charge in [-0.1, -0.05) is 0 Å². The van der Waals surface area contributed by atoms with Crippen molar-refractivity contribution in [2.24, 2.45) is 0 Å². The molecule has 0 aliphatic heterocycles. The summed E-state index contributed by atoms with van der Waals surface area (Å²) in [5.74, 6) is -4.37. The molecule has 2 amide bonds. The number of nitrogens with one attached hydrogen (secondary N) is 2. The highest BCUT2D eigenvalue weighted by Crippen LogP contribution is 2.09. The van der Waals surface area contributed by atoms with Crippen molar-refractivity contribution in [1.82, 2.24) is 10.6 Å². The zero-order chi connectivity index (χ0) is 14.3. The molecule has 0 saturated heterocycles. The Morgan fingerprint density at radius 2 is 2.11 bits per heavy atom. The molecule has 0 aliphatic rings. The molecule has 19 heavy (non-hydrogen) atoms. The first-order valence-corrected chi connectivity index (χ1v) is 5.52. The number of aliphatic hydroxyl groups is 1. The second-order valence-corrected chi connectivity index (χ2v) is 3.77. The van der Waals surface area contributed by atoms with Gasteiger partial charge in [-0.05, 0) is 12.1 Å². The lowest BCUT2D eigenvalue weighted by atomic mass is 10.3. The average Bonchev–Trinajstić information content (AvgIpc) is 2.90. The maximum atomic E-state index is 12.6. The van der Waals surface area contributed by atoms with E-state index in [4.69, 9.17) is 9.52 Å². The molecule has 0 unspecified atom stereocenters. The van der Waals surface area contributed by atoms with Crippen LogP contribution >= 0.6 is 0 Å². The van der Waals surface area contributed by atoms with Gasteiger partial charge in [-0.3, -0.25) is 9.59 Å². The Labute approximate surface area is 107 Å². The van der Waals surface area contributed by atoms with Crippen molar-refractivity contribution in [2.75, 3.05) is 19.7 Å². The maximum Gasteiger partial charge on any atom is 0.287 e. The molecule has 8 heteroatoms. The van der Waals surface area contributed by atoms with Crippen LogP contribution in [0.25, 0.3) is 0 Å². The van der Waals surface area contributed by atoms with Crippen molar-refractivity contribution in [1.29, 1.82) is 0 Å². The van der Waals surface area contributed by atoms with Gasteiger partial charge in [-0.2, -0.15) is 0 Å². The molecule has 6 nitrogen and oxygen atoms in total. The van der Waals surface area contributed by atoms with Gasteiger partial charge >= 0.3 is 0 Å². The van der Waals surface area contributed by atoms with Crippen LogP contribution in [0.1, 0.15) is 17.0 Å². The molecule has 1 heterocycles. The summed E-state index contributed by atoms with van der Waals surface area (Å²) >= 11 is 0. The predicted octanol–water partition coefficient (Wildman–Crippen LogP) is 0.143. The highest BCUT2D eigenvalue weighted by atomic mass is 19.3. The molecule has 0 bridgehead atoms. The summed E-state index contributed by atoms with van der Waals surface area (Å²) in [6, 6.07) is 3.00. The highest BCUT2D eigenvalue weighted by Gasteiger charge is 2.27. The molecule has 3 N–H and O–H groups in total. The van der Waals surface area contributed by atoms with Gasteiger partial charge in [0.25, 0.3) is 11.8 Å². The van der Waals surface area contributed by atoms with E-state index in [9.17, 15) is 18.4 Å². The number of carbonyl (C=O) groups excluding carboxylic acids is 2. The Morgan fingerprint density at radius 3 is 2.68 bits per heavy atom. The first kappa shape index (κ1) is 15.1. The van der Waals surface area contributed by atoms with Crippen molar-refractivity contribution >= 4 is 11.8 Å². The third-order valence-electron chi connectivity index (χ3n) is 2.16. The van der Waals surface area contributed by atoms with E-state index in [0.29, 0.717) is 0 Å². The molecule has 0 fully saturated rings. The first-order chi connectivity index (χ1) is 8.94. The second-order valence-electron chi connectivity index (χ2n) is 3.77. The summed E-state index contributed by atoms with van der Waals surface area (Å²) in [6.07, 6.45) is 1.19. The Balaban J connectivity index is 2.19. The number of aliphatic hydroxyl groups excluding tert-OH is 1. The van der Waals surface area contributed by atoms with Crippen molar-refractivity contribution in [3.63, 3.8) is 0 Å². The highest BCUT2D eigenvalue weighted by molar-refractivity contribution is 5.91. The zero-order valence-corrected chi connectivity index (χ0v) is 9.99. The fourth-order valence-corrected chi connectivity index (χ4v) is 1.16. The third-order valence-corrected chi connectivity index (χ3v) is 2.16. The van der Waals surface area contributed by atoms with Crippen LogP contribution in [0, 0.1) is 0 Å². The van der Waals surface area contributed by atoms with Crippen molar-refractivity contribution in [3.05, 3.63) is 24.2 Å². The molecular weight excluding hydrogens is 262 g/mol. The van der Waals surface area contributed by atoms with Crippen LogP contribution in [-0.4, -0.2) is 42.5 Å². The molecular formula is C11H14F2N2O4. The van der Waals surface area contributed by atoms with E-state index in [1.807, 2.05) is 5.32 Å². The minimum atomic E-state index is -3.34. The van der Waals surface area contributed by atoms with Gasteiger partial charge in [0.05, 0.1) is 12.8 Å². The van der Waals surface area contributed by atoms with Crippen molar-refractivity contribution in [3.8, 4) is 0 Å². The van der Waals surface area contributed by atoms with Gasteiger partial charge in [-0.15, -0.1) is 0 Å². The van der Waals surface area contributed by atoms with Gasteiger partial charge in [0, 0.05) is 13.0 Å². The summed E-state index contributed by atoms with van der Waals surface area (Å²) < 4.78 is 30.0. The van der Waals surface area contributed by atoms with Crippen LogP contribution in [0.15, 0.2) is 22.8 Å². The molecule has 1 aromatic rings. The number of halogens is 2. The van der Waals surface area contributed by atoms with E-state index in [-0.39, 0.29) is 18.7 Å². The smallest absolute Gasteiger partial charge is 0.287 e. The molecule has 0 aromatic carbocycles. The summed E-state index contributed by atoms with van der Waals surface area (Å²) in [4.78, 5) is 22.5. The van der Waals surface area contributed by atoms with Crippen LogP contribution < -0.4 is 10.6 Å². The average molecular weight is 276 g/mol. The minimum absolute atomic E-state index is 0.00391. The van der Waals surface area contributed by atoms with Crippen LogP contribution in [-0.2, 0) is 4.79 Å². The Hall–Kier alpha value is -1.96. The topological polar surface area (TPSA) is 91.6 Å². The maximum absolute atomic E-state index is 12.6. The summed E-state index contributed by atoms with van der Waals surface area (Å²) in [5.41, 5.74) is 0. The fraction of sp³-hybridized carbons (Fsp3) is 0.455. The van der Waals surface area contributed by atoms with E-state index in [1.165, 1.54) is 12.3 Å². The number of furan rings is 1. The predicted molar refractivity (Wildman–Crippen MR) is 60.7 cm³/mol. The van der Waals surface area contributed by atoms with Crippen molar-refractivity contribution < 1.29 is 27.9 Å². The summed E-state index contributed by atoms with van der Waals surface area (Å²) in [5, 5.41) is 12.6. The van der Waals surface area contributed by atoms with E-state index in [0.717, 1.165) is 0 Å². The van der Waals surface area contributed by atoms with Gasteiger partial charge in [0.2, 0.25) is 5.91 Å². The monoisotopic (exact) mass is 276 g/mol. The number of alkyl halides is 2.